The van der Waals surface area contributed by atoms with Crippen molar-refractivity contribution in [3.05, 3.63) is 65.5 Å². The van der Waals surface area contributed by atoms with Crippen molar-refractivity contribution < 1.29 is 19.4 Å². The Bertz CT molecular complexity index is 1240. The van der Waals surface area contributed by atoms with Crippen LogP contribution in [-0.2, 0) is 22.4 Å². The first-order valence-corrected chi connectivity index (χ1v) is 12.8. The predicted molar refractivity (Wildman–Crippen MR) is 137 cm³/mol. The third kappa shape index (κ3) is 5.65. The highest BCUT2D eigenvalue weighted by molar-refractivity contribution is 6.07. The van der Waals surface area contributed by atoms with Crippen LogP contribution in [0.25, 0.3) is 10.9 Å². The summed E-state index contributed by atoms with van der Waals surface area (Å²) < 4.78 is 5.92. The zero-order chi connectivity index (χ0) is 24.9. The molecule has 1 aliphatic heterocycles. The van der Waals surface area contributed by atoms with Crippen LogP contribution in [0.3, 0.4) is 0 Å². The highest BCUT2D eigenvalue weighted by atomic mass is 16.5. The summed E-state index contributed by atoms with van der Waals surface area (Å²) >= 11 is 0. The van der Waals surface area contributed by atoms with Crippen molar-refractivity contribution in [3.8, 4) is 0 Å². The molecule has 1 atom stereocenters. The smallest absolute Gasteiger partial charge is 0.326 e. The molecule has 1 fully saturated rings. The molecule has 0 saturated heterocycles. The fourth-order valence-electron chi connectivity index (χ4n) is 5.05. The molecule has 2 aromatic heterocycles. The molecule has 3 aromatic rings. The third-order valence-electron chi connectivity index (χ3n) is 7.21. The van der Waals surface area contributed by atoms with Crippen molar-refractivity contribution in [3.63, 3.8) is 0 Å². The van der Waals surface area contributed by atoms with Gasteiger partial charge in [0.1, 0.15) is 11.9 Å². The maximum atomic E-state index is 12.8. The molecule has 3 heterocycles. The first-order valence-electron chi connectivity index (χ1n) is 12.8. The Morgan fingerprint density at radius 2 is 2.06 bits per heavy atom. The minimum absolute atomic E-state index is 0.155. The molecule has 1 unspecified atom stereocenters. The van der Waals surface area contributed by atoms with Crippen LogP contribution in [0.2, 0.25) is 0 Å². The number of aromatic nitrogens is 2. The van der Waals surface area contributed by atoms with Gasteiger partial charge in [0, 0.05) is 42.4 Å². The Labute approximate surface area is 210 Å². The van der Waals surface area contributed by atoms with Gasteiger partial charge in [-0.05, 0) is 74.3 Å². The van der Waals surface area contributed by atoms with Crippen LogP contribution < -0.4 is 10.6 Å². The van der Waals surface area contributed by atoms with Gasteiger partial charge in [0.05, 0.1) is 11.6 Å². The summed E-state index contributed by atoms with van der Waals surface area (Å²) in [4.78, 5) is 33.6. The van der Waals surface area contributed by atoms with E-state index in [1.54, 1.807) is 24.4 Å². The summed E-state index contributed by atoms with van der Waals surface area (Å²) in [7, 11) is 0. The van der Waals surface area contributed by atoms with Crippen LogP contribution in [0.5, 0.6) is 0 Å². The van der Waals surface area contributed by atoms with Gasteiger partial charge in [-0.2, -0.15) is 0 Å². The van der Waals surface area contributed by atoms with E-state index in [1.807, 2.05) is 12.1 Å². The van der Waals surface area contributed by atoms with E-state index in [4.69, 9.17) is 9.72 Å². The van der Waals surface area contributed by atoms with Crippen molar-refractivity contribution >= 4 is 28.6 Å². The van der Waals surface area contributed by atoms with Crippen molar-refractivity contribution in [2.45, 2.75) is 57.1 Å². The summed E-state index contributed by atoms with van der Waals surface area (Å²) in [6, 6.07) is 12.1. The second-order valence-corrected chi connectivity index (χ2v) is 9.74. The number of fused-ring (bicyclic) bond motifs is 2. The Balaban J connectivity index is 1.04. The molecule has 0 spiro atoms. The van der Waals surface area contributed by atoms with Crippen LogP contribution in [0, 0.1) is 5.92 Å². The molecular weight excluding hydrogens is 456 g/mol. The van der Waals surface area contributed by atoms with Gasteiger partial charge >= 0.3 is 5.97 Å². The van der Waals surface area contributed by atoms with Gasteiger partial charge in [0.25, 0.3) is 5.91 Å². The number of pyridine rings is 2. The molecule has 2 aliphatic rings. The van der Waals surface area contributed by atoms with Crippen molar-refractivity contribution in [1.82, 2.24) is 15.3 Å². The van der Waals surface area contributed by atoms with E-state index in [2.05, 4.69) is 27.8 Å². The zero-order valence-electron chi connectivity index (χ0n) is 20.3. The van der Waals surface area contributed by atoms with Gasteiger partial charge in [0.15, 0.2) is 0 Å². The number of carbonyl (C=O) groups is 2. The van der Waals surface area contributed by atoms with E-state index in [9.17, 15) is 14.7 Å². The summed E-state index contributed by atoms with van der Waals surface area (Å²) in [5.41, 5.74) is 3.55. The van der Waals surface area contributed by atoms with Gasteiger partial charge in [-0.1, -0.05) is 18.2 Å². The number of aliphatic carboxylic acids is 1. The predicted octanol–water partition coefficient (Wildman–Crippen LogP) is 3.99. The lowest BCUT2D eigenvalue weighted by Crippen LogP contribution is -2.42. The molecule has 8 nitrogen and oxygen atoms in total. The van der Waals surface area contributed by atoms with E-state index in [-0.39, 0.29) is 12.5 Å². The Morgan fingerprint density at radius 1 is 1.17 bits per heavy atom. The standard InChI is InChI=1S/C28H32N4O4/c33-27(23-5-1-7-24-22(23)6-3-13-29-24)32-25(28(34)35)12-15-36-21-16-18(17-21)8-10-20-11-9-19-4-2-14-30-26(19)31-20/h1,3,5-7,9,11,13,18,21,25H,2,4,8,10,12,14-17H2,(H,30,31)(H,32,33)(H,34,35)/t18-,21-,25?. The van der Waals surface area contributed by atoms with E-state index >= 15 is 0 Å². The maximum absolute atomic E-state index is 12.8. The van der Waals surface area contributed by atoms with E-state index in [1.165, 1.54) is 12.0 Å². The lowest BCUT2D eigenvalue weighted by molar-refractivity contribution is -0.140. The number of carbonyl (C=O) groups excluding carboxylic acids is 1. The lowest BCUT2D eigenvalue weighted by atomic mass is 9.79. The van der Waals surface area contributed by atoms with E-state index in [0.29, 0.717) is 29.0 Å². The summed E-state index contributed by atoms with van der Waals surface area (Å²) in [6.07, 6.45) is 8.31. The highest BCUT2D eigenvalue weighted by Crippen LogP contribution is 2.34. The number of aryl methyl sites for hydroxylation is 2. The number of nitrogens with zero attached hydrogens (tertiary/aromatic N) is 2. The monoisotopic (exact) mass is 488 g/mol. The second kappa shape index (κ2) is 11.0. The van der Waals surface area contributed by atoms with Crippen LogP contribution in [-0.4, -0.2) is 52.2 Å². The number of hydrogen-bond acceptors (Lipinski definition) is 6. The average Bonchev–Trinajstić information content (AvgIpc) is 2.88. The number of carboxylic acid groups (broad SMARTS) is 1. The molecule has 1 aromatic carbocycles. The molecule has 0 radical (unpaired) electrons. The van der Waals surface area contributed by atoms with Gasteiger partial charge in [-0.15, -0.1) is 0 Å². The molecular formula is C28H32N4O4. The van der Waals surface area contributed by atoms with Crippen molar-refractivity contribution in [2.75, 3.05) is 18.5 Å². The number of amides is 1. The fraction of sp³-hybridized carbons (Fsp3) is 0.429. The number of rotatable bonds is 10. The van der Waals surface area contributed by atoms with Crippen molar-refractivity contribution in [2.24, 2.45) is 5.92 Å². The Morgan fingerprint density at radius 3 is 2.92 bits per heavy atom. The number of carboxylic acids is 1. The first-order chi connectivity index (χ1) is 17.6. The summed E-state index contributed by atoms with van der Waals surface area (Å²) in [5.74, 6) is 0.168. The highest BCUT2D eigenvalue weighted by Gasteiger charge is 2.30. The van der Waals surface area contributed by atoms with E-state index in [0.717, 1.165) is 50.2 Å². The number of anilines is 1. The van der Waals surface area contributed by atoms with Gasteiger partial charge in [-0.25, -0.2) is 9.78 Å². The fourth-order valence-corrected chi connectivity index (χ4v) is 5.05. The topological polar surface area (TPSA) is 113 Å². The average molecular weight is 489 g/mol. The molecule has 1 amide bonds. The normalized spacial score (nSPS) is 19.6. The molecule has 36 heavy (non-hydrogen) atoms. The second-order valence-electron chi connectivity index (χ2n) is 9.74. The van der Waals surface area contributed by atoms with Crippen LogP contribution >= 0.6 is 0 Å². The minimum atomic E-state index is -1.07. The maximum Gasteiger partial charge on any atom is 0.326 e. The largest absolute Gasteiger partial charge is 0.480 e. The van der Waals surface area contributed by atoms with Crippen molar-refractivity contribution in [1.29, 1.82) is 0 Å². The van der Waals surface area contributed by atoms with Gasteiger partial charge in [0.2, 0.25) is 0 Å². The SMILES string of the molecule is O=C(NC(CCO[C@H]1C[C@H](CCc2ccc3c(n2)NCCC3)C1)C(=O)O)c1cccc2ncccc12. The quantitative estimate of drug-likeness (QED) is 0.395. The molecule has 5 rings (SSSR count). The molecule has 188 valence electrons. The number of hydrogen-bond donors (Lipinski definition) is 3. The molecule has 0 bridgehead atoms. The summed E-state index contributed by atoms with van der Waals surface area (Å²) in [5, 5.41) is 16.4. The third-order valence-corrected chi connectivity index (χ3v) is 7.21. The molecule has 1 aliphatic carbocycles. The van der Waals surface area contributed by atoms with E-state index < -0.39 is 17.9 Å². The first kappa shape index (κ1) is 24.2. The zero-order valence-corrected chi connectivity index (χ0v) is 20.3. The van der Waals surface area contributed by atoms with Gasteiger partial charge in [-0.3, -0.25) is 9.78 Å². The van der Waals surface area contributed by atoms with Gasteiger partial charge < -0.3 is 20.5 Å². The summed E-state index contributed by atoms with van der Waals surface area (Å²) in [6.45, 7) is 1.29. The molecule has 1 saturated carbocycles. The molecule has 3 N–H and O–H groups in total. The molecule has 8 heteroatoms. The van der Waals surface area contributed by atoms with Crippen LogP contribution in [0.1, 0.15) is 53.7 Å². The van der Waals surface area contributed by atoms with Crippen LogP contribution in [0.15, 0.2) is 48.7 Å². The lowest BCUT2D eigenvalue weighted by Gasteiger charge is -2.35. The number of nitrogens with one attached hydrogen (secondary N) is 2. The Hall–Kier alpha value is -3.52. The Kier molecular flexibility index (Phi) is 7.41. The number of benzene rings is 1. The van der Waals surface area contributed by atoms with Crippen LogP contribution in [0.4, 0.5) is 5.82 Å². The number of ether oxygens (including phenoxy) is 1. The minimum Gasteiger partial charge on any atom is -0.480 e.